The molecule has 9 heteroatoms. The fourth-order valence-corrected chi connectivity index (χ4v) is 4.52. The normalized spacial score (nSPS) is 15.9. The van der Waals surface area contributed by atoms with Crippen LogP contribution in [0.5, 0.6) is 0 Å². The zero-order chi connectivity index (χ0) is 22.4. The van der Waals surface area contributed by atoms with E-state index in [9.17, 15) is 4.79 Å². The molecule has 0 bridgehead atoms. The van der Waals surface area contributed by atoms with Crippen molar-refractivity contribution in [2.45, 2.75) is 32.4 Å². The Morgan fingerprint density at radius 1 is 1.18 bits per heavy atom. The summed E-state index contributed by atoms with van der Waals surface area (Å²) >= 11 is 0. The van der Waals surface area contributed by atoms with Crippen molar-refractivity contribution in [3.8, 4) is 5.69 Å². The van der Waals surface area contributed by atoms with Gasteiger partial charge in [0.2, 0.25) is 5.95 Å². The van der Waals surface area contributed by atoms with Crippen molar-refractivity contribution in [3.05, 3.63) is 69.9 Å². The number of ether oxygens (including phenoxy) is 1. The first-order valence-corrected chi connectivity index (χ1v) is 11.3. The number of nitrogens with one attached hydrogen (secondary N) is 2. The molecule has 0 amide bonds. The monoisotopic (exact) mass is 443 g/mol. The molecule has 4 aromatic rings. The van der Waals surface area contributed by atoms with E-state index in [1.54, 1.807) is 17.1 Å². The summed E-state index contributed by atoms with van der Waals surface area (Å²) in [5.41, 5.74) is 5.88. The van der Waals surface area contributed by atoms with E-state index >= 15 is 0 Å². The van der Waals surface area contributed by atoms with E-state index in [4.69, 9.17) is 9.72 Å². The van der Waals surface area contributed by atoms with Crippen LogP contribution in [0, 0.1) is 0 Å². The third-order valence-electron chi connectivity index (χ3n) is 6.39. The van der Waals surface area contributed by atoms with Crippen LogP contribution >= 0.6 is 0 Å². The van der Waals surface area contributed by atoms with Crippen molar-refractivity contribution in [2.24, 2.45) is 0 Å². The average Bonchev–Trinajstić information content (AvgIpc) is 3.09. The van der Waals surface area contributed by atoms with E-state index in [1.807, 2.05) is 29.8 Å². The number of hydrogen-bond donors (Lipinski definition) is 2. The first-order valence-electron chi connectivity index (χ1n) is 11.3. The molecule has 3 aromatic heterocycles. The largest absolute Gasteiger partial charge is 0.380 e. The van der Waals surface area contributed by atoms with Gasteiger partial charge in [0.25, 0.3) is 5.56 Å². The quantitative estimate of drug-likeness (QED) is 0.489. The van der Waals surface area contributed by atoms with Crippen LogP contribution in [0.3, 0.4) is 0 Å². The van der Waals surface area contributed by atoms with Gasteiger partial charge < -0.3 is 15.4 Å². The Kier molecular flexibility index (Phi) is 4.92. The second-order valence-electron chi connectivity index (χ2n) is 8.47. The van der Waals surface area contributed by atoms with Gasteiger partial charge in [0, 0.05) is 37.1 Å². The average molecular weight is 444 g/mol. The van der Waals surface area contributed by atoms with Gasteiger partial charge in [0.05, 0.1) is 24.6 Å². The highest BCUT2D eigenvalue weighted by Gasteiger charge is 2.23. The summed E-state index contributed by atoms with van der Waals surface area (Å²) in [7, 11) is 0. The molecular weight excluding hydrogens is 418 g/mol. The summed E-state index contributed by atoms with van der Waals surface area (Å²) in [5.74, 6) is 0.750. The van der Waals surface area contributed by atoms with E-state index in [1.165, 1.54) is 11.1 Å². The van der Waals surface area contributed by atoms with Crippen LogP contribution in [0.4, 0.5) is 11.6 Å². The summed E-state index contributed by atoms with van der Waals surface area (Å²) in [5, 5.41) is 7.21. The molecule has 2 aliphatic rings. The minimum atomic E-state index is -0.106. The third-order valence-corrected chi connectivity index (χ3v) is 6.39. The standard InChI is InChI=1S/C24H25N7O2/c1-2-30-23(32)20-12-27-24(28-18-4-3-16-11-25-7-5-15(16)9-18)29-22(20)31(30)19-6-8-26-21(10-19)17-13-33-14-17/h3-4,6,8-10,12,17,25H,2,5,7,11,13-14H2,1H3,(H,27,28,29). The maximum atomic E-state index is 13.1. The van der Waals surface area contributed by atoms with Gasteiger partial charge in [-0.15, -0.1) is 0 Å². The van der Waals surface area contributed by atoms with Crippen LogP contribution in [0.2, 0.25) is 0 Å². The van der Waals surface area contributed by atoms with Gasteiger partial charge in [-0.1, -0.05) is 6.07 Å². The molecule has 5 heterocycles. The molecule has 0 atom stereocenters. The molecule has 0 saturated carbocycles. The van der Waals surface area contributed by atoms with E-state index in [2.05, 4.69) is 32.7 Å². The second kappa shape index (κ2) is 8.09. The van der Waals surface area contributed by atoms with Gasteiger partial charge in [-0.3, -0.25) is 9.78 Å². The van der Waals surface area contributed by atoms with Gasteiger partial charge in [0.15, 0.2) is 5.65 Å². The van der Waals surface area contributed by atoms with Gasteiger partial charge in [-0.2, -0.15) is 4.98 Å². The zero-order valence-corrected chi connectivity index (χ0v) is 18.4. The maximum Gasteiger partial charge on any atom is 0.278 e. The van der Waals surface area contributed by atoms with Crippen molar-refractivity contribution in [2.75, 3.05) is 25.1 Å². The molecular formula is C24H25N7O2. The number of pyridine rings is 1. The molecule has 0 spiro atoms. The number of nitrogens with zero attached hydrogens (tertiary/aromatic N) is 5. The lowest BCUT2D eigenvalue weighted by Gasteiger charge is -2.25. The van der Waals surface area contributed by atoms with E-state index in [0.717, 1.165) is 36.6 Å². The van der Waals surface area contributed by atoms with Gasteiger partial charge in [0.1, 0.15) is 5.39 Å². The Labute approximate surface area is 190 Å². The summed E-state index contributed by atoms with van der Waals surface area (Å²) < 4.78 is 8.88. The molecule has 168 valence electrons. The van der Waals surface area contributed by atoms with E-state index in [-0.39, 0.29) is 5.56 Å². The Balaban J connectivity index is 1.42. The highest BCUT2D eigenvalue weighted by atomic mass is 16.5. The molecule has 0 radical (unpaired) electrons. The van der Waals surface area contributed by atoms with Crippen LogP contribution in [-0.4, -0.2) is 44.1 Å². The lowest BCUT2D eigenvalue weighted by atomic mass is 10.0. The van der Waals surface area contributed by atoms with Crippen molar-refractivity contribution in [1.82, 2.24) is 29.6 Å². The molecule has 1 aromatic carbocycles. The predicted molar refractivity (Wildman–Crippen MR) is 125 cm³/mol. The van der Waals surface area contributed by atoms with Crippen molar-refractivity contribution >= 4 is 22.7 Å². The van der Waals surface area contributed by atoms with Crippen LogP contribution in [0.15, 0.2) is 47.5 Å². The molecule has 33 heavy (non-hydrogen) atoms. The molecule has 1 saturated heterocycles. The van der Waals surface area contributed by atoms with Crippen molar-refractivity contribution < 1.29 is 4.74 Å². The van der Waals surface area contributed by atoms with Crippen LogP contribution in [0.1, 0.15) is 29.7 Å². The molecule has 9 nitrogen and oxygen atoms in total. The van der Waals surface area contributed by atoms with E-state index < -0.39 is 0 Å². The number of anilines is 2. The number of benzene rings is 1. The zero-order valence-electron chi connectivity index (χ0n) is 18.4. The number of fused-ring (bicyclic) bond motifs is 2. The molecule has 0 aliphatic carbocycles. The molecule has 2 N–H and O–H groups in total. The fourth-order valence-electron chi connectivity index (χ4n) is 4.52. The van der Waals surface area contributed by atoms with Gasteiger partial charge in [-0.25, -0.2) is 14.3 Å². The summed E-state index contributed by atoms with van der Waals surface area (Å²) in [6.07, 6.45) is 4.39. The third kappa shape index (κ3) is 3.49. The minimum Gasteiger partial charge on any atom is -0.380 e. The SMILES string of the molecule is CCn1c(=O)c2cnc(Nc3ccc4c(c3)CCNC4)nc2n1-c1ccnc(C2COC2)c1. The molecule has 1 fully saturated rings. The van der Waals surface area contributed by atoms with Crippen LogP contribution in [0.25, 0.3) is 16.7 Å². The van der Waals surface area contributed by atoms with E-state index in [0.29, 0.717) is 42.7 Å². The van der Waals surface area contributed by atoms with Crippen LogP contribution < -0.4 is 16.2 Å². The highest BCUT2D eigenvalue weighted by Crippen LogP contribution is 2.26. The Morgan fingerprint density at radius 3 is 2.91 bits per heavy atom. The summed E-state index contributed by atoms with van der Waals surface area (Å²) in [6, 6.07) is 10.3. The van der Waals surface area contributed by atoms with Gasteiger partial charge >= 0.3 is 0 Å². The minimum absolute atomic E-state index is 0.106. The number of rotatable bonds is 5. The topological polar surface area (TPSA) is 98.9 Å². The molecule has 6 rings (SSSR count). The van der Waals surface area contributed by atoms with Crippen LogP contribution in [-0.2, 0) is 24.2 Å². The lowest BCUT2D eigenvalue weighted by molar-refractivity contribution is 0.00671. The Morgan fingerprint density at radius 2 is 2.09 bits per heavy atom. The lowest BCUT2D eigenvalue weighted by Crippen LogP contribution is -2.26. The molecule has 0 unspecified atom stereocenters. The maximum absolute atomic E-state index is 13.1. The van der Waals surface area contributed by atoms with Crippen molar-refractivity contribution in [3.63, 3.8) is 0 Å². The summed E-state index contributed by atoms with van der Waals surface area (Å²) in [4.78, 5) is 26.8. The second-order valence-corrected chi connectivity index (χ2v) is 8.47. The Hall–Kier alpha value is -3.56. The first-order chi connectivity index (χ1) is 16.2. The highest BCUT2D eigenvalue weighted by molar-refractivity contribution is 5.77. The fraction of sp³-hybridized carbons (Fsp3) is 0.333. The summed E-state index contributed by atoms with van der Waals surface area (Å²) in [6.45, 7) is 5.70. The number of aromatic nitrogens is 5. The van der Waals surface area contributed by atoms with Gasteiger partial charge in [-0.05, 0) is 55.3 Å². The Bertz CT molecular complexity index is 1400. The predicted octanol–water partition coefficient (Wildman–Crippen LogP) is 2.50. The number of hydrogen-bond acceptors (Lipinski definition) is 7. The van der Waals surface area contributed by atoms with Crippen molar-refractivity contribution in [1.29, 1.82) is 0 Å². The first kappa shape index (κ1) is 20.1. The molecule has 2 aliphatic heterocycles. The smallest absolute Gasteiger partial charge is 0.278 e.